The number of methoxy groups -OCH3 is 1. The van der Waals surface area contributed by atoms with Crippen LogP contribution in [0.15, 0.2) is 22.8 Å². The summed E-state index contributed by atoms with van der Waals surface area (Å²) in [4.78, 5) is 4.33. The number of nitrogens with zero attached hydrogens (tertiary/aromatic N) is 1. The van der Waals surface area contributed by atoms with E-state index in [4.69, 9.17) is 16.3 Å². The Labute approximate surface area is 101 Å². The molecule has 0 aliphatic rings. The van der Waals surface area contributed by atoms with E-state index in [-0.39, 0.29) is 0 Å². The van der Waals surface area contributed by atoms with Gasteiger partial charge in [0.05, 0.1) is 12.1 Å². The summed E-state index contributed by atoms with van der Waals surface area (Å²) in [6, 6.07) is 3.78. The van der Waals surface area contributed by atoms with Crippen LogP contribution in [0.25, 0.3) is 10.9 Å². The van der Waals surface area contributed by atoms with E-state index in [0.29, 0.717) is 5.02 Å². The van der Waals surface area contributed by atoms with Crippen LogP contribution in [-0.2, 0) is 0 Å². The van der Waals surface area contributed by atoms with Crippen molar-refractivity contribution in [3.8, 4) is 5.75 Å². The fourth-order valence-electron chi connectivity index (χ4n) is 1.46. The Morgan fingerprint density at radius 3 is 2.80 bits per heavy atom. The van der Waals surface area contributed by atoms with Gasteiger partial charge in [0, 0.05) is 16.1 Å². The molecule has 0 atom stereocenters. The fraction of sp³-hybridized carbons (Fsp3) is 0.182. The lowest BCUT2D eigenvalue weighted by Crippen LogP contribution is -1.90. The molecular formula is C11H9BrClNO. The van der Waals surface area contributed by atoms with Crippen molar-refractivity contribution in [1.82, 2.24) is 4.98 Å². The largest absolute Gasteiger partial charge is 0.494 e. The third kappa shape index (κ3) is 1.70. The van der Waals surface area contributed by atoms with Gasteiger partial charge in [0.25, 0.3) is 0 Å². The Bertz CT molecular complexity index is 527. The van der Waals surface area contributed by atoms with Crippen LogP contribution < -0.4 is 4.74 Å². The molecule has 0 bridgehead atoms. The van der Waals surface area contributed by atoms with Crippen molar-refractivity contribution in [2.45, 2.75) is 6.92 Å². The maximum Gasteiger partial charge on any atom is 0.145 e. The van der Waals surface area contributed by atoms with Crippen LogP contribution in [0.3, 0.4) is 0 Å². The molecule has 4 heteroatoms. The Hall–Kier alpha value is -0.800. The van der Waals surface area contributed by atoms with Crippen molar-refractivity contribution < 1.29 is 4.74 Å². The van der Waals surface area contributed by atoms with Crippen molar-refractivity contribution in [3.63, 3.8) is 0 Å². The van der Waals surface area contributed by atoms with Gasteiger partial charge in [0.1, 0.15) is 11.3 Å². The lowest BCUT2D eigenvalue weighted by Gasteiger charge is -2.08. The molecule has 2 rings (SSSR count). The van der Waals surface area contributed by atoms with Crippen LogP contribution in [0.4, 0.5) is 0 Å². The second-order valence-electron chi connectivity index (χ2n) is 3.23. The summed E-state index contributed by atoms with van der Waals surface area (Å²) < 4.78 is 6.17. The van der Waals surface area contributed by atoms with Gasteiger partial charge in [-0.3, -0.25) is 4.98 Å². The molecule has 0 saturated heterocycles. The first-order chi connectivity index (χ1) is 7.15. The molecule has 1 aromatic heterocycles. The van der Waals surface area contributed by atoms with Crippen LogP contribution in [0.2, 0.25) is 5.02 Å². The maximum atomic E-state index is 6.23. The van der Waals surface area contributed by atoms with E-state index in [9.17, 15) is 0 Å². The Morgan fingerprint density at radius 2 is 2.13 bits per heavy atom. The Kier molecular flexibility index (Phi) is 2.85. The SMILES string of the molecule is COc1ccc(Br)c2c(Cl)c(C)cnc12. The molecule has 2 nitrogen and oxygen atoms in total. The van der Waals surface area contributed by atoms with Crippen molar-refractivity contribution in [1.29, 1.82) is 0 Å². The minimum Gasteiger partial charge on any atom is -0.494 e. The van der Waals surface area contributed by atoms with Gasteiger partial charge >= 0.3 is 0 Å². The van der Waals surface area contributed by atoms with Crippen LogP contribution in [0.1, 0.15) is 5.56 Å². The zero-order valence-electron chi connectivity index (χ0n) is 8.34. The number of fused-ring (bicyclic) bond motifs is 1. The third-order valence-electron chi connectivity index (χ3n) is 2.26. The first-order valence-electron chi connectivity index (χ1n) is 4.42. The van der Waals surface area contributed by atoms with Gasteiger partial charge in [-0.25, -0.2) is 0 Å². The van der Waals surface area contributed by atoms with Gasteiger partial charge < -0.3 is 4.74 Å². The highest BCUT2D eigenvalue weighted by Gasteiger charge is 2.11. The summed E-state index contributed by atoms with van der Waals surface area (Å²) in [6.45, 7) is 1.93. The average Bonchev–Trinajstić information content (AvgIpc) is 2.24. The summed E-state index contributed by atoms with van der Waals surface area (Å²) in [5, 5.41) is 1.61. The first-order valence-corrected chi connectivity index (χ1v) is 5.59. The molecule has 1 heterocycles. The van der Waals surface area contributed by atoms with Gasteiger partial charge in [0.2, 0.25) is 0 Å². The van der Waals surface area contributed by atoms with E-state index >= 15 is 0 Å². The monoisotopic (exact) mass is 285 g/mol. The Balaban J connectivity index is 2.93. The third-order valence-corrected chi connectivity index (χ3v) is 3.41. The number of hydrogen-bond donors (Lipinski definition) is 0. The van der Waals surface area contributed by atoms with Gasteiger partial charge in [-0.15, -0.1) is 0 Å². The van der Waals surface area contributed by atoms with Crippen LogP contribution in [0.5, 0.6) is 5.75 Å². The number of rotatable bonds is 1. The highest BCUT2D eigenvalue weighted by atomic mass is 79.9. The second-order valence-corrected chi connectivity index (χ2v) is 4.46. The molecule has 15 heavy (non-hydrogen) atoms. The molecule has 0 amide bonds. The van der Waals surface area contributed by atoms with Crippen molar-refractivity contribution in [2.24, 2.45) is 0 Å². The molecule has 0 N–H and O–H groups in total. The van der Waals surface area contributed by atoms with Crippen LogP contribution in [-0.4, -0.2) is 12.1 Å². The number of aromatic nitrogens is 1. The van der Waals surface area contributed by atoms with E-state index in [0.717, 1.165) is 26.7 Å². The molecule has 2 aromatic rings. The number of halogens is 2. The number of hydrogen-bond acceptors (Lipinski definition) is 2. The molecule has 0 saturated carbocycles. The zero-order chi connectivity index (χ0) is 11.0. The van der Waals surface area contributed by atoms with E-state index in [2.05, 4.69) is 20.9 Å². The summed E-state index contributed by atoms with van der Waals surface area (Å²) >= 11 is 9.70. The van der Waals surface area contributed by atoms with Gasteiger partial charge in [-0.05, 0) is 24.6 Å². The van der Waals surface area contributed by atoms with Gasteiger partial charge in [0.15, 0.2) is 0 Å². The van der Waals surface area contributed by atoms with Crippen molar-refractivity contribution in [2.75, 3.05) is 7.11 Å². The first kappa shape index (κ1) is 10.7. The van der Waals surface area contributed by atoms with E-state index in [1.165, 1.54) is 0 Å². The summed E-state index contributed by atoms with van der Waals surface area (Å²) in [5.41, 5.74) is 1.74. The normalized spacial score (nSPS) is 10.7. The molecule has 0 spiro atoms. The summed E-state index contributed by atoms with van der Waals surface area (Å²) in [6.07, 6.45) is 1.75. The van der Waals surface area contributed by atoms with Crippen molar-refractivity contribution in [3.05, 3.63) is 33.4 Å². The molecule has 0 aliphatic heterocycles. The molecule has 0 fully saturated rings. The van der Waals surface area contributed by atoms with Gasteiger partial charge in [-0.1, -0.05) is 27.5 Å². The highest BCUT2D eigenvalue weighted by Crippen LogP contribution is 2.36. The highest BCUT2D eigenvalue weighted by molar-refractivity contribution is 9.10. The molecule has 1 aromatic carbocycles. The minimum atomic E-state index is 0.714. The summed E-state index contributed by atoms with van der Waals surface area (Å²) in [7, 11) is 1.62. The molecular weight excluding hydrogens is 277 g/mol. The molecule has 0 radical (unpaired) electrons. The van der Waals surface area contributed by atoms with Crippen molar-refractivity contribution >= 4 is 38.4 Å². The topological polar surface area (TPSA) is 22.1 Å². The fourth-order valence-corrected chi connectivity index (χ4v) is 2.34. The lowest BCUT2D eigenvalue weighted by atomic mass is 10.1. The smallest absolute Gasteiger partial charge is 0.145 e. The lowest BCUT2D eigenvalue weighted by molar-refractivity contribution is 0.419. The standard InChI is InChI=1S/C11H9BrClNO/c1-6-5-14-11-8(15-2)4-3-7(12)9(11)10(6)13/h3-5H,1-2H3. The quantitative estimate of drug-likeness (QED) is 0.791. The second kappa shape index (κ2) is 3.99. The van der Waals surface area contributed by atoms with Crippen LogP contribution in [0, 0.1) is 6.92 Å². The van der Waals surface area contributed by atoms with E-state index in [1.807, 2.05) is 19.1 Å². The molecule has 0 aliphatic carbocycles. The number of aryl methyl sites for hydroxylation is 1. The maximum absolute atomic E-state index is 6.23. The zero-order valence-corrected chi connectivity index (χ0v) is 10.7. The predicted molar refractivity (Wildman–Crippen MR) is 65.7 cm³/mol. The molecule has 78 valence electrons. The Morgan fingerprint density at radius 1 is 1.40 bits per heavy atom. The predicted octanol–water partition coefficient (Wildman–Crippen LogP) is 3.97. The van der Waals surface area contributed by atoms with Gasteiger partial charge in [-0.2, -0.15) is 0 Å². The number of benzene rings is 1. The summed E-state index contributed by atoms with van der Waals surface area (Å²) in [5.74, 6) is 0.732. The van der Waals surface area contributed by atoms with Crippen LogP contribution >= 0.6 is 27.5 Å². The van der Waals surface area contributed by atoms with E-state index in [1.54, 1.807) is 13.3 Å². The average molecular weight is 287 g/mol. The minimum absolute atomic E-state index is 0.714. The molecule has 0 unspecified atom stereocenters. The van der Waals surface area contributed by atoms with E-state index < -0.39 is 0 Å². The number of pyridine rings is 1. The number of ether oxygens (including phenoxy) is 1.